The zero-order chi connectivity index (χ0) is 16.2. The van der Waals surface area contributed by atoms with Gasteiger partial charge in [-0.3, -0.25) is 9.08 Å². The average Bonchev–Trinajstić information content (AvgIpc) is 2.80. The molecule has 1 heterocycles. The Kier molecular flexibility index (Phi) is 5.25. The predicted octanol–water partition coefficient (Wildman–Crippen LogP) is 1.78. The Balaban J connectivity index is 1.91. The van der Waals surface area contributed by atoms with E-state index in [1.807, 2.05) is 6.92 Å². The fourth-order valence-electron chi connectivity index (χ4n) is 2.10. The van der Waals surface area contributed by atoms with Gasteiger partial charge in [0, 0.05) is 12.1 Å². The highest BCUT2D eigenvalue weighted by atomic mass is 32.2. The normalized spacial score (nSPS) is 18.4. The van der Waals surface area contributed by atoms with E-state index in [1.54, 1.807) is 24.3 Å². The number of hydrogen-bond donors (Lipinski definition) is 0. The van der Waals surface area contributed by atoms with E-state index in [0.29, 0.717) is 25.3 Å². The number of carbonyl (C=O) groups excluding carboxylic acids is 1. The zero-order valence-electron chi connectivity index (χ0n) is 12.5. The van der Waals surface area contributed by atoms with Crippen molar-refractivity contribution in [2.75, 3.05) is 30.9 Å². The second-order valence-corrected chi connectivity index (χ2v) is 6.50. The number of nitrogens with zero attached hydrogens (tertiary/aromatic N) is 1. The molecule has 2 rings (SSSR count). The van der Waals surface area contributed by atoms with Gasteiger partial charge in [0.1, 0.15) is 11.9 Å². The number of amides is 1. The molecule has 1 amide bonds. The molecule has 0 bridgehead atoms. The van der Waals surface area contributed by atoms with Crippen LogP contribution in [0.3, 0.4) is 0 Å². The lowest BCUT2D eigenvalue weighted by Gasteiger charge is -2.13. The Morgan fingerprint density at radius 3 is 2.59 bits per heavy atom. The predicted molar refractivity (Wildman–Crippen MR) is 80.6 cm³/mol. The van der Waals surface area contributed by atoms with E-state index in [4.69, 9.17) is 9.47 Å². The Morgan fingerprint density at radius 1 is 1.32 bits per heavy atom. The third-order valence-corrected chi connectivity index (χ3v) is 3.67. The molecule has 1 aliphatic heterocycles. The molecule has 0 radical (unpaired) electrons. The number of rotatable bonds is 7. The van der Waals surface area contributed by atoms with Crippen molar-refractivity contribution in [1.29, 1.82) is 0 Å². The van der Waals surface area contributed by atoms with E-state index in [9.17, 15) is 13.2 Å². The summed E-state index contributed by atoms with van der Waals surface area (Å²) in [6.07, 6.45) is 0.473. The van der Waals surface area contributed by atoms with E-state index in [-0.39, 0.29) is 12.7 Å². The van der Waals surface area contributed by atoms with Crippen LogP contribution in [0.15, 0.2) is 24.3 Å². The minimum atomic E-state index is -3.47. The van der Waals surface area contributed by atoms with E-state index in [2.05, 4.69) is 4.18 Å². The largest absolute Gasteiger partial charge is 0.494 e. The molecular formula is C14H19NO6S. The summed E-state index contributed by atoms with van der Waals surface area (Å²) in [7, 11) is -3.47. The second kappa shape index (κ2) is 6.97. The van der Waals surface area contributed by atoms with Gasteiger partial charge in [-0.25, -0.2) is 4.79 Å². The first kappa shape index (κ1) is 16.6. The van der Waals surface area contributed by atoms with Gasteiger partial charge in [0.05, 0.1) is 26.0 Å². The molecule has 1 aromatic carbocycles. The van der Waals surface area contributed by atoms with E-state index >= 15 is 0 Å². The molecule has 0 saturated carbocycles. The molecule has 0 aliphatic carbocycles. The SMILES string of the molecule is CCOc1ccc(N2CC(CCOS(C)(=O)=O)OC2=O)cc1. The first-order valence-corrected chi connectivity index (χ1v) is 8.76. The Morgan fingerprint density at radius 2 is 2.00 bits per heavy atom. The van der Waals surface area contributed by atoms with Gasteiger partial charge in [-0.2, -0.15) is 8.42 Å². The van der Waals surface area contributed by atoms with Crippen molar-refractivity contribution in [3.63, 3.8) is 0 Å². The monoisotopic (exact) mass is 329 g/mol. The fraction of sp³-hybridized carbons (Fsp3) is 0.500. The van der Waals surface area contributed by atoms with Crippen molar-refractivity contribution in [2.45, 2.75) is 19.4 Å². The van der Waals surface area contributed by atoms with Crippen LogP contribution in [0.1, 0.15) is 13.3 Å². The highest BCUT2D eigenvalue weighted by molar-refractivity contribution is 7.85. The number of cyclic esters (lactones) is 1. The van der Waals surface area contributed by atoms with E-state index < -0.39 is 16.2 Å². The molecule has 1 unspecified atom stereocenters. The van der Waals surface area contributed by atoms with Gasteiger partial charge in [-0.15, -0.1) is 0 Å². The second-order valence-electron chi connectivity index (χ2n) is 4.86. The Hall–Kier alpha value is -1.80. The molecule has 1 aliphatic rings. The summed E-state index contributed by atoms with van der Waals surface area (Å²) in [5.74, 6) is 0.733. The van der Waals surface area contributed by atoms with Crippen molar-refractivity contribution < 1.29 is 26.9 Å². The first-order chi connectivity index (χ1) is 10.4. The molecule has 1 aromatic rings. The maximum absolute atomic E-state index is 11.9. The van der Waals surface area contributed by atoms with E-state index in [1.165, 1.54) is 4.90 Å². The first-order valence-electron chi connectivity index (χ1n) is 6.94. The van der Waals surface area contributed by atoms with Gasteiger partial charge in [0.15, 0.2) is 0 Å². The molecule has 8 heteroatoms. The summed E-state index contributed by atoms with van der Waals surface area (Å²) in [5.41, 5.74) is 0.708. The van der Waals surface area contributed by atoms with Crippen LogP contribution in [-0.4, -0.2) is 46.6 Å². The minimum absolute atomic E-state index is 0.00605. The number of ether oxygens (including phenoxy) is 2. The van der Waals surface area contributed by atoms with Crippen LogP contribution in [0.4, 0.5) is 10.5 Å². The molecule has 0 spiro atoms. The van der Waals surface area contributed by atoms with Crippen molar-refractivity contribution in [1.82, 2.24) is 0 Å². The van der Waals surface area contributed by atoms with Crippen molar-refractivity contribution >= 4 is 21.9 Å². The summed E-state index contributed by atoms with van der Waals surface area (Å²) in [6, 6.07) is 7.13. The lowest BCUT2D eigenvalue weighted by molar-refractivity contribution is 0.126. The molecule has 1 fully saturated rings. The Bertz CT molecular complexity index is 613. The van der Waals surface area contributed by atoms with Crippen LogP contribution >= 0.6 is 0 Å². The number of hydrogen-bond acceptors (Lipinski definition) is 6. The van der Waals surface area contributed by atoms with Gasteiger partial charge in [-0.1, -0.05) is 0 Å². The highest BCUT2D eigenvalue weighted by Gasteiger charge is 2.32. The lowest BCUT2D eigenvalue weighted by Crippen LogP contribution is -2.24. The minimum Gasteiger partial charge on any atom is -0.494 e. The molecule has 22 heavy (non-hydrogen) atoms. The number of anilines is 1. The molecule has 0 aromatic heterocycles. The summed E-state index contributed by atoms with van der Waals surface area (Å²) >= 11 is 0. The fourth-order valence-corrected chi connectivity index (χ4v) is 2.50. The van der Waals surface area contributed by atoms with Gasteiger partial charge in [0.2, 0.25) is 0 Å². The van der Waals surface area contributed by atoms with E-state index in [0.717, 1.165) is 12.0 Å². The van der Waals surface area contributed by atoms with Crippen molar-refractivity contribution in [3.05, 3.63) is 24.3 Å². The smallest absolute Gasteiger partial charge is 0.414 e. The molecule has 122 valence electrons. The molecular weight excluding hydrogens is 310 g/mol. The summed E-state index contributed by atoms with van der Waals surface area (Å²) in [6.45, 7) is 2.83. The lowest BCUT2D eigenvalue weighted by atomic mass is 10.2. The highest BCUT2D eigenvalue weighted by Crippen LogP contribution is 2.25. The third kappa shape index (κ3) is 4.60. The summed E-state index contributed by atoms with van der Waals surface area (Å²) in [5, 5.41) is 0. The van der Waals surface area contributed by atoms with Crippen LogP contribution < -0.4 is 9.64 Å². The summed E-state index contributed by atoms with van der Waals surface area (Å²) in [4.78, 5) is 13.4. The van der Waals surface area contributed by atoms with Crippen LogP contribution in [0, 0.1) is 0 Å². The van der Waals surface area contributed by atoms with Gasteiger partial charge in [-0.05, 0) is 31.2 Å². The van der Waals surface area contributed by atoms with Crippen LogP contribution in [0.25, 0.3) is 0 Å². The third-order valence-electron chi connectivity index (χ3n) is 3.07. The number of carbonyl (C=O) groups is 1. The molecule has 7 nitrogen and oxygen atoms in total. The maximum atomic E-state index is 11.9. The molecule has 1 saturated heterocycles. The molecule has 1 atom stereocenters. The van der Waals surface area contributed by atoms with Crippen molar-refractivity contribution in [2.24, 2.45) is 0 Å². The average molecular weight is 329 g/mol. The van der Waals surface area contributed by atoms with Crippen LogP contribution in [0.2, 0.25) is 0 Å². The Labute approximate surface area is 129 Å². The van der Waals surface area contributed by atoms with Crippen LogP contribution in [0.5, 0.6) is 5.75 Å². The van der Waals surface area contributed by atoms with Crippen LogP contribution in [-0.2, 0) is 19.0 Å². The quantitative estimate of drug-likeness (QED) is 0.709. The van der Waals surface area contributed by atoms with Gasteiger partial charge >= 0.3 is 6.09 Å². The van der Waals surface area contributed by atoms with Crippen molar-refractivity contribution in [3.8, 4) is 5.75 Å². The standard InChI is InChI=1S/C14H19NO6S/c1-3-19-12-6-4-11(5-7-12)15-10-13(21-14(15)16)8-9-20-22(2,17)18/h4-7,13H,3,8-10H2,1-2H3. The molecule has 0 N–H and O–H groups in total. The summed E-state index contributed by atoms with van der Waals surface area (Å²) < 4.78 is 37.0. The van der Waals surface area contributed by atoms with Gasteiger partial charge < -0.3 is 9.47 Å². The maximum Gasteiger partial charge on any atom is 0.414 e. The topological polar surface area (TPSA) is 82.1 Å². The van der Waals surface area contributed by atoms with Gasteiger partial charge in [0.25, 0.3) is 10.1 Å². The zero-order valence-corrected chi connectivity index (χ0v) is 13.3. The number of benzene rings is 1.